The fourth-order valence-electron chi connectivity index (χ4n) is 2.43. The quantitative estimate of drug-likeness (QED) is 0.508. The molecule has 1 aliphatic carbocycles. The lowest BCUT2D eigenvalue weighted by Crippen LogP contribution is -2.09. The Kier molecular flexibility index (Phi) is 8.84. The van der Waals surface area contributed by atoms with Crippen LogP contribution in [0.2, 0.25) is 0 Å². The van der Waals surface area contributed by atoms with Gasteiger partial charge in [-0.1, -0.05) is 40.7 Å². The van der Waals surface area contributed by atoms with Crippen molar-refractivity contribution in [1.82, 2.24) is 9.97 Å². The lowest BCUT2D eigenvalue weighted by atomic mass is 9.92. The Morgan fingerprint density at radius 1 is 1.00 bits per heavy atom. The fourth-order valence-corrected chi connectivity index (χ4v) is 2.43. The second kappa shape index (κ2) is 10.6. The minimum Gasteiger partial charge on any atom is -0.448 e. The molecule has 0 aliphatic heterocycles. The number of aryl methyl sites for hydroxylation is 2. The van der Waals surface area contributed by atoms with E-state index < -0.39 is 0 Å². The van der Waals surface area contributed by atoms with E-state index in [2.05, 4.69) is 16.9 Å². The van der Waals surface area contributed by atoms with Crippen molar-refractivity contribution in [3.05, 3.63) is 48.0 Å². The summed E-state index contributed by atoms with van der Waals surface area (Å²) in [6, 6.07) is 5.95. The van der Waals surface area contributed by atoms with E-state index in [1.165, 1.54) is 24.1 Å². The Labute approximate surface area is 145 Å². The van der Waals surface area contributed by atoms with Crippen LogP contribution in [0.25, 0.3) is 11.1 Å². The Morgan fingerprint density at radius 2 is 1.71 bits per heavy atom. The Balaban J connectivity index is 0.000000199. The van der Waals surface area contributed by atoms with Crippen LogP contribution >= 0.6 is 0 Å². The van der Waals surface area contributed by atoms with E-state index in [1.54, 1.807) is 6.39 Å². The number of benzene rings is 1. The number of hydrogen-bond acceptors (Lipinski definition) is 4. The standard InChI is InChI=1S/C8H11NO.C8H7NO.2C2H6/c2*1-6-2-3-7-8(4-6)10-5-9-7;2*1-2/h5-6H,2-4H2,1H3;2-5H,1H3;2*1-2H3. The number of aromatic nitrogens is 2. The minimum absolute atomic E-state index is 0.778. The van der Waals surface area contributed by atoms with E-state index in [-0.39, 0.29) is 0 Å². The lowest BCUT2D eigenvalue weighted by Gasteiger charge is -2.14. The molecule has 0 radical (unpaired) electrons. The van der Waals surface area contributed by atoms with Crippen molar-refractivity contribution in [2.75, 3.05) is 0 Å². The summed E-state index contributed by atoms with van der Waals surface area (Å²) in [5.74, 6) is 1.89. The second-order valence-corrected chi connectivity index (χ2v) is 5.39. The molecule has 132 valence electrons. The molecule has 0 amide bonds. The van der Waals surface area contributed by atoms with Gasteiger partial charge in [-0.25, -0.2) is 9.97 Å². The minimum atomic E-state index is 0.778. The highest BCUT2D eigenvalue weighted by atomic mass is 16.3. The Hall–Kier alpha value is -2.10. The molecule has 0 fully saturated rings. The topological polar surface area (TPSA) is 52.1 Å². The molecule has 1 aliphatic rings. The summed E-state index contributed by atoms with van der Waals surface area (Å²) < 4.78 is 10.3. The van der Waals surface area contributed by atoms with E-state index in [0.717, 1.165) is 35.6 Å². The van der Waals surface area contributed by atoms with E-state index in [0.29, 0.717) is 0 Å². The zero-order chi connectivity index (χ0) is 17.9. The van der Waals surface area contributed by atoms with Crippen LogP contribution in [-0.4, -0.2) is 9.97 Å². The maximum absolute atomic E-state index is 5.22. The summed E-state index contributed by atoms with van der Waals surface area (Å²) in [5, 5.41) is 0. The molecule has 1 unspecified atom stereocenters. The average Bonchev–Trinajstić information content (AvgIpc) is 3.27. The van der Waals surface area contributed by atoms with Gasteiger partial charge in [-0.15, -0.1) is 0 Å². The largest absolute Gasteiger partial charge is 0.448 e. The van der Waals surface area contributed by atoms with Crippen molar-refractivity contribution in [3.63, 3.8) is 0 Å². The van der Waals surface area contributed by atoms with Crippen molar-refractivity contribution in [1.29, 1.82) is 0 Å². The summed E-state index contributed by atoms with van der Waals surface area (Å²) in [5.41, 5.74) is 4.16. The molecular weight excluding hydrogens is 300 g/mol. The van der Waals surface area contributed by atoms with Gasteiger partial charge in [-0.05, 0) is 43.4 Å². The third-order valence-corrected chi connectivity index (χ3v) is 3.62. The summed E-state index contributed by atoms with van der Waals surface area (Å²) in [7, 11) is 0. The summed E-state index contributed by atoms with van der Waals surface area (Å²) in [6.45, 7) is 12.3. The first-order valence-corrected chi connectivity index (χ1v) is 8.93. The first-order valence-electron chi connectivity index (χ1n) is 8.93. The van der Waals surface area contributed by atoms with Gasteiger partial charge in [0.05, 0.1) is 5.69 Å². The van der Waals surface area contributed by atoms with Gasteiger partial charge in [0, 0.05) is 6.42 Å². The van der Waals surface area contributed by atoms with Crippen molar-refractivity contribution < 1.29 is 8.83 Å². The van der Waals surface area contributed by atoms with Crippen molar-refractivity contribution >= 4 is 11.1 Å². The molecule has 0 bridgehead atoms. The highest BCUT2D eigenvalue weighted by Gasteiger charge is 2.18. The number of fused-ring (bicyclic) bond motifs is 2. The maximum Gasteiger partial charge on any atom is 0.181 e. The molecule has 0 N–H and O–H groups in total. The normalized spacial score (nSPS) is 15.0. The van der Waals surface area contributed by atoms with Crippen LogP contribution in [-0.2, 0) is 12.8 Å². The smallest absolute Gasteiger partial charge is 0.181 e. The SMILES string of the molecule is CC.CC.CC1CCc2ncoc2C1.Cc1ccc2ncoc2c1. The number of nitrogens with zero attached hydrogens (tertiary/aromatic N) is 2. The first-order chi connectivity index (χ1) is 11.7. The van der Waals surface area contributed by atoms with Crippen LogP contribution < -0.4 is 0 Å². The molecule has 1 aromatic carbocycles. The maximum atomic E-state index is 5.22. The Bertz CT molecular complexity index is 700. The molecule has 4 rings (SSSR count). The zero-order valence-corrected chi connectivity index (χ0v) is 15.8. The molecule has 4 nitrogen and oxygen atoms in total. The van der Waals surface area contributed by atoms with E-state index in [9.17, 15) is 0 Å². The van der Waals surface area contributed by atoms with E-state index in [4.69, 9.17) is 8.83 Å². The molecule has 4 heteroatoms. The van der Waals surface area contributed by atoms with Crippen molar-refractivity contribution in [2.24, 2.45) is 5.92 Å². The summed E-state index contributed by atoms with van der Waals surface area (Å²) in [4.78, 5) is 8.12. The van der Waals surface area contributed by atoms with Gasteiger partial charge in [0.1, 0.15) is 11.3 Å². The molecule has 0 saturated carbocycles. The highest BCUT2D eigenvalue weighted by molar-refractivity contribution is 5.72. The van der Waals surface area contributed by atoms with Gasteiger partial charge < -0.3 is 8.83 Å². The highest BCUT2D eigenvalue weighted by Crippen LogP contribution is 2.23. The zero-order valence-electron chi connectivity index (χ0n) is 15.8. The summed E-state index contributed by atoms with van der Waals surface area (Å²) in [6.07, 6.45) is 6.47. The molecule has 24 heavy (non-hydrogen) atoms. The predicted octanol–water partition coefficient (Wildman–Crippen LogP) is 5.99. The molecule has 2 aromatic heterocycles. The predicted molar refractivity (Wildman–Crippen MR) is 99.1 cm³/mol. The van der Waals surface area contributed by atoms with Gasteiger partial charge in [0.15, 0.2) is 18.4 Å². The molecule has 0 spiro atoms. The number of hydrogen-bond donors (Lipinski definition) is 0. The third-order valence-electron chi connectivity index (χ3n) is 3.62. The molecule has 1 atom stereocenters. The van der Waals surface area contributed by atoms with Gasteiger partial charge in [0.2, 0.25) is 0 Å². The second-order valence-electron chi connectivity index (χ2n) is 5.39. The van der Waals surface area contributed by atoms with Crippen molar-refractivity contribution in [2.45, 2.75) is 60.8 Å². The molecule has 3 aromatic rings. The van der Waals surface area contributed by atoms with E-state index in [1.807, 2.05) is 52.8 Å². The van der Waals surface area contributed by atoms with Crippen molar-refractivity contribution in [3.8, 4) is 0 Å². The third kappa shape index (κ3) is 5.52. The van der Waals surface area contributed by atoms with Crippen LogP contribution in [0.4, 0.5) is 0 Å². The lowest BCUT2D eigenvalue weighted by molar-refractivity contribution is 0.413. The van der Waals surface area contributed by atoms with Crippen LogP contribution in [0, 0.1) is 12.8 Å². The summed E-state index contributed by atoms with van der Waals surface area (Å²) >= 11 is 0. The monoisotopic (exact) mass is 330 g/mol. The van der Waals surface area contributed by atoms with Gasteiger partial charge >= 0.3 is 0 Å². The number of rotatable bonds is 0. The molecule has 2 heterocycles. The number of oxazole rings is 2. The Morgan fingerprint density at radius 3 is 2.46 bits per heavy atom. The van der Waals surface area contributed by atoms with Crippen LogP contribution in [0.1, 0.15) is 58.1 Å². The van der Waals surface area contributed by atoms with Crippen LogP contribution in [0.5, 0.6) is 0 Å². The molecule has 0 saturated heterocycles. The average molecular weight is 330 g/mol. The van der Waals surface area contributed by atoms with E-state index >= 15 is 0 Å². The van der Waals surface area contributed by atoms with Gasteiger partial charge in [-0.2, -0.15) is 0 Å². The van der Waals surface area contributed by atoms with Gasteiger partial charge in [0.25, 0.3) is 0 Å². The molecular formula is C20H30N2O2. The van der Waals surface area contributed by atoms with Crippen LogP contribution in [0.15, 0.2) is 39.8 Å². The fraction of sp³-hybridized carbons (Fsp3) is 0.500. The first kappa shape index (κ1) is 19.9. The van der Waals surface area contributed by atoms with Crippen LogP contribution in [0.3, 0.4) is 0 Å². The van der Waals surface area contributed by atoms with Gasteiger partial charge in [-0.3, -0.25) is 0 Å².